The van der Waals surface area contributed by atoms with Crippen molar-refractivity contribution in [3.63, 3.8) is 0 Å². The highest BCUT2D eigenvalue weighted by Crippen LogP contribution is 2.68. The highest BCUT2D eigenvalue weighted by molar-refractivity contribution is 5.85. The van der Waals surface area contributed by atoms with Gasteiger partial charge in [0.1, 0.15) is 61.5 Å². The van der Waals surface area contributed by atoms with Gasteiger partial charge in [0.05, 0.1) is 31.5 Å². The third-order valence-electron chi connectivity index (χ3n) is 15.9. The van der Waals surface area contributed by atoms with Gasteiger partial charge < -0.3 is 83.5 Å². The molecule has 6 fully saturated rings. The number of allylic oxidation sites excluding steroid dienone is 1. The average molecular weight is 913 g/mol. The average Bonchev–Trinajstić information content (AvgIpc) is 3.80. The minimum atomic E-state index is -1.90. The molecule has 22 atom stereocenters. The van der Waals surface area contributed by atoms with Gasteiger partial charge in [-0.1, -0.05) is 26.0 Å². The largest absolute Gasteiger partial charge is 0.458 e. The number of cyclic esters (lactones) is 1. The molecule has 0 amide bonds. The molecule has 20 heteroatoms. The molecule has 64 heavy (non-hydrogen) atoms. The lowest BCUT2D eigenvalue weighted by Gasteiger charge is -2.61. The van der Waals surface area contributed by atoms with Crippen molar-refractivity contribution in [1.82, 2.24) is 0 Å². The monoisotopic (exact) mass is 912 g/mol. The minimum Gasteiger partial charge on any atom is -0.458 e. The van der Waals surface area contributed by atoms with Gasteiger partial charge in [-0.3, -0.25) is 9.59 Å². The van der Waals surface area contributed by atoms with E-state index in [0.717, 1.165) is 45.1 Å². The summed E-state index contributed by atoms with van der Waals surface area (Å²) in [5.74, 6) is -1.68. The number of ether oxygens (including phenoxy) is 9. The smallest absolute Gasteiger partial charge is 0.331 e. The third-order valence-corrected chi connectivity index (χ3v) is 15.9. The summed E-state index contributed by atoms with van der Waals surface area (Å²) in [4.78, 5) is 37.4. The number of aliphatic hydroxyl groups is 8. The number of rotatable bonds is 11. The summed E-state index contributed by atoms with van der Waals surface area (Å²) >= 11 is 0. The molecule has 4 aliphatic carbocycles. The second-order valence-corrected chi connectivity index (χ2v) is 19.5. The molecular weight excluding hydrogens is 848 g/mol. The van der Waals surface area contributed by atoms with E-state index in [9.17, 15) is 55.2 Å². The van der Waals surface area contributed by atoms with Crippen LogP contribution in [0, 0.1) is 34.5 Å². The summed E-state index contributed by atoms with van der Waals surface area (Å²) in [5, 5.41) is 86.0. The normalized spacial score (nSPS) is 50.1. The third kappa shape index (κ3) is 8.37. The van der Waals surface area contributed by atoms with Crippen molar-refractivity contribution in [1.29, 1.82) is 0 Å². The molecule has 20 nitrogen and oxygen atoms in total. The van der Waals surface area contributed by atoms with E-state index >= 15 is 0 Å². The summed E-state index contributed by atoms with van der Waals surface area (Å²) in [7, 11) is 0. The van der Waals surface area contributed by atoms with E-state index in [-0.39, 0.29) is 41.7 Å². The lowest BCUT2D eigenvalue weighted by Crippen LogP contribution is -2.66. The van der Waals surface area contributed by atoms with Crippen molar-refractivity contribution in [3.8, 4) is 0 Å². The van der Waals surface area contributed by atoms with Gasteiger partial charge in [0.15, 0.2) is 31.1 Å². The van der Waals surface area contributed by atoms with Crippen LogP contribution >= 0.6 is 0 Å². The number of hydrogen-bond acceptors (Lipinski definition) is 20. The number of hydrogen-bond donors (Lipinski definition) is 8. The van der Waals surface area contributed by atoms with Crippen LogP contribution in [0.4, 0.5) is 0 Å². The molecule has 8 aliphatic rings. The highest BCUT2D eigenvalue weighted by atomic mass is 16.8. The molecule has 360 valence electrons. The van der Waals surface area contributed by atoms with Gasteiger partial charge in [0.25, 0.3) is 0 Å². The molecule has 3 saturated carbocycles. The van der Waals surface area contributed by atoms with Crippen LogP contribution in [-0.4, -0.2) is 183 Å². The first kappa shape index (κ1) is 47.8. The topological polar surface area (TPSA) is 296 Å². The van der Waals surface area contributed by atoms with Gasteiger partial charge in [0, 0.05) is 25.3 Å². The number of fused-ring (bicyclic) bond motifs is 5. The fourth-order valence-electron chi connectivity index (χ4n) is 12.5. The van der Waals surface area contributed by atoms with Gasteiger partial charge in [0.2, 0.25) is 0 Å². The van der Waals surface area contributed by atoms with Crippen LogP contribution in [-0.2, 0) is 57.0 Å². The van der Waals surface area contributed by atoms with E-state index in [1.807, 2.05) is 0 Å². The SMILES string of the molecule is CC(=O)OC1C(OC2CCC3(C)C(CCC4C3C=CC3(C)C(C5=CC(=O)OC5)CCC43O)C2)OC(CO)C(OC2OCC(O)C(O)C2OC2OC(CO)C(O)C(O)C2O)C1OC(C)=O. The standard InChI is InChI=1S/C44H64O20/c1-19(47)58-37-35(63-40-36(31(51)27(49)18-57-40)64-39-34(54)33(53)32(52)28(15-45)61-39)29(16-46)62-41(38(37)59-20(2)48)60-23-7-10-42(3)22(14-23)5-6-26-25(42)8-11-43(4)24(9-12-44(26,43)55)21-13-30(50)56-17-21/h8,11,13,22-29,31-41,45-46,49,51-55H,5-7,9-10,12,14-18H2,1-4H3. The summed E-state index contributed by atoms with van der Waals surface area (Å²) in [6, 6.07) is 0. The lowest BCUT2D eigenvalue weighted by molar-refractivity contribution is -0.381. The maximum absolute atomic E-state index is 12.7. The number of esters is 3. The van der Waals surface area contributed by atoms with Gasteiger partial charge in [-0.15, -0.1) is 0 Å². The van der Waals surface area contributed by atoms with E-state index in [1.165, 1.54) is 0 Å². The molecule has 0 spiro atoms. The number of carbonyl (C=O) groups is 3. The maximum Gasteiger partial charge on any atom is 0.331 e. The predicted molar refractivity (Wildman–Crippen MR) is 213 cm³/mol. The van der Waals surface area contributed by atoms with E-state index in [0.29, 0.717) is 19.3 Å². The zero-order chi connectivity index (χ0) is 46.0. The minimum absolute atomic E-state index is 0.000921. The fraction of sp³-hybridized carbons (Fsp3) is 0.841. The highest BCUT2D eigenvalue weighted by Gasteiger charge is 2.66. The molecule has 22 unspecified atom stereocenters. The molecule has 4 aliphatic heterocycles. The van der Waals surface area contributed by atoms with Gasteiger partial charge >= 0.3 is 17.9 Å². The quantitative estimate of drug-likeness (QED) is 0.0514. The molecule has 3 saturated heterocycles. The molecule has 0 aromatic rings. The summed E-state index contributed by atoms with van der Waals surface area (Å²) in [5.41, 5.74) is -0.770. The van der Waals surface area contributed by atoms with E-state index in [2.05, 4.69) is 26.0 Å². The Morgan fingerprint density at radius 2 is 1.45 bits per heavy atom. The zero-order valence-corrected chi connectivity index (χ0v) is 36.5. The number of aliphatic hydroxyl groups excluding tert-OH is 7. The van der Waals surface area contributed by atoms with Crippen LogP contribution in [0.2, 0.25) is 0 Å². The summed E-state index contributed by atoms with van der Waals surface area (Å²) < 4.78 is 52.9. The second-order valence-electron chi connectivity index (χ2n) is 19.5. The van der Waals surface area contributed by atoms with Crippen LogP contribution in [0.25, 0.3) is 0 Å². The molecule has 0 aromatic heterocycles. The van der Waals surface area contributed by atoms with Gasteiger partial charge in [-0.2, -0.15) is 0 Å². The Balaban J connectivity index is 0.995. The molecule has 8 N–H and O–H groups in total. The van der Waals surface area contributed by atoms with Crippen LogP contribution in [0.5, 0.6) is 0 Å². The Morgan fingerprint density at radius 1 is 0.766 bits per heavy atom. The van der Waals surface area contributed by atoms with Crippen LogP contribution in [0.1, 0.15) is 72.6 Å². The van der Waals surface area contributed by atoms with E-state index < -0.39 is 135 Å². The van der Waals surface area contributed by atoms with Crippen LogP contribution in [0.15, 0.2) is 23.8 Å². The summed E-state index contributed by atoms with van der Waals surface area (Å²) in [6.45, 7) is 4.89. The van der Waals surface area contributed by atoms with Crippen molar-refractivity contribution in [2.45, 2.75) is 170 Å². The van der Waals surface area contributed by atoms with Crippen molar-refractivity contribution in [3.05, 3.63) is 23.8 Å². The predicted octanol–water partition coefficient (Wildman–Crippen LogP) is -1.37. The van der Waals surface area contributed by atoms with E-state index in [4.69, 9.17) is 42.6 Å². The lowest BCUT2D eigenvalue weighted by atomic mass is 9.45. The maximum atomic E-state index is 12.7. The molecule has 0 bridgehead atoms. The van der Waals surface area contributed by atoms with Crippen molar-refractivity contribution < 1.29 is 97.9 Å². The van der Waals surface area contributed by atoms with Crippen LogP contribution < -0.4 is 0 Å². The molecular formula is C44H64O20. The Morgan fingerprint density at radius 3 is 2.12 bits per heavy atom. The first-order valence-electron chi connectivity index (χ1n) is 22.5. The Hall–Kier alpha value is -2.67. The Kier molecular flexibility index (Phi) is 13.8. The molecule has 0 aromatic carbocycles. The van der Waals surface area contributed by atoms with Crippen molar-refractivity contribution in [2.24, 2.45) is 34.5 Å². The first-order valence-corrected chi connectivity index (χ1v) is 22.5. The number of carbonyl (C=O) groups excluding carboxylic acids is 3. The van der Waals surface area contributed by atoms with Crippen LogP contribution in [0.3, 0.4) is 0 Å². The second kappa shape index (κ2) is 18.4. The Labute approximate surface area is 370 Å². The van der Waals surface area contributed by atoms with E-state index in [1.54, 1.807) is 6.08 Å². The van der Waals surface area contributed by atoms with Gasteiger partial charge in [-0.05, 0) is 79.6 Å². The van der Waals surface area contributed by atoms with Gasteiger partial charge in [-0.25, -0.2) is 4.79 Å². The first-order chi connectivity index (χ1) is 30.3. The molecule has 0 radical (unpaired) electrons. The Bertz CT molecular complexity index is 1790. The molecule has 4 heterocycles. The zero-order valence-electron chi connectivity index (χ0n) is 36.5. The molecule has 8 rings (SSSR count). The van der Waals surface area contributed by atoms with Crippen molar-refractivity contribution >= 4 is 17.9 Å². The summed E-state index contributed by atoms with van der Waals surface area (Å²) in [6.07, 6.45) is -12.0. The fourth-order valence-corrected chi connectivity index (χ4v) is 12.5. The van der Waals surface area contributed by atoms with Crippen molar-refractivity contribution in [2.75, 3.05) is 26.4 Å².